The number of rotatable bonds is 7. The molecule has 8 heteroatoms. The molecule has 192 valence electrons. The number of methoxy groups -OCH3 is 1. The van der Waals surface area contributed by atoms with Crippen molar-refractivity contribution in [3.8, 4) is 5.75 Å². The average molecular weight is 496 g/mol. The molecule has 3 rings (SSSR count). The number of hydrogen-bond donors (Lipinski definition) is 0. The summed E-state index contributed by atoms with van der Waals surface area (Å²) in [5.41, 5.74) is 2.46. The van der Waals surface area contributed by atoms with E-state index in [1.54, 1.807) is 12.1 Å². The normalized spacial score (nSPS) is 12.2. The summed E-state index contributed by atoms with van der Waals surface area (Å²) in [7, 11) is 1.43. The predicted molar refractivity (Wildman–Crippen MR) is 140 cm³/mol. The van der Waals surface area contributed by atoms with Crippen molar-refractivity contribution < 1.29 is 28.8 Å². The number of nitro benzene ring substituents is 1. The zero-order valence-corrected chi connectivity index (χ0v) is 20.9. The molecule has 1 aliphatic rings. The number of esters is 1. The molecule has 0 heterocycles. The van der Waals surface area contributed by atoms with Crippen LogP contribution in [0, 0.1) is 10.1 Å². The van der Waals surface area contributed by atoms with Gasteiger partial charge in [-0.25, -0.2) is 0 Å². The van der Waals surface area contributed by atoms with E-state index in [1.807, 2.05) is 56.9 Å². The molecule has 0 aliphatic heterocycles. The van der Waals surface area contributed by atoms with Crippen LogP contribution in [0.2, 0.25) is 0 Å². The highest BCUT2D eigenvalue weighted by atomic mass is 16.6. The molecule has 0 N–H and O–H groups in total. The Bertz CT molecular complexity index is 1010. The first-order valence-electron chi connectivity index (χ1n) is 11.1. The van der Waals surface area contributed by atoms with Crippen LogP contribution in [0.4, 0.5) is 5.69 Å². The van der Waals surface area contributed by atoms with Crippen molar-refractivity contribution in [3.63, 3.8) is 0 Å². The van der Waals surface area contributed by atoms with Crippen molar-refractivity contribution in [2.45, 2.75) is 39.0 Å². The van der Waals surface area contributed by atoms with Crippen LogP contribution < -0.4 is 4.74 Å². The zero-order chi connectivity index (χ0) is 27.3. The summed E-state index contributed by atoms with van der Waals surface area (Å²) < 4.78 is 10.3. The van der Waals surface area contributed by atoms with Gasteiger partial charge < -0.3 is 19.1 Å². The molecule has 2 aromatic carbocycles. The number of non-ortho nitro benzene ring substituents is 1. The smallest absolute Gasteiger partial charge is 0.306 e. The summed E-state index contributed by atoms with van der Waals surface area (Å²) in [6.07, 6.45) is 10.2. The van der Waals surface area contributed by atoms with Crippen molar-refractivity contribution in [1.29, 1.82) is 0 Å². The molecule has 2 aromatic rings. The summed E-state index contributed by atoms with van der Waals surface area (Å²) in [5.74, 6) is 1.48. The number of benzene rings is 2. The van der Waals surface area contributed by atoms with Crippen LogP contribution in [0.1, 0.15) is 44.6 Å². The molecule has 0 spiro atoms. The number of carbonyl (C=O) groups is 3. The minimum absolute atomic E-state index is 0.0604. The van der Waals surface area contributed by atoms with Crippen molar-refractivity contribution in [2.75, 3.05) is 7.11 Å². The molecule has 0 radical (unpaired) electrons. The Morgan fingerprint density at radius 3 is 2.14 bits per heavy atom. The fraction of sp³-hybridized carbons (Fsp3) is 0.250. The topological polar surface area (TPSA) is 113 Å². The van der Waals surface area contributed by atoms with Gasteiger partial charge in [0.15, 0.2) is 0 Å². The van der Waals surface area contributed by atoms with Gasteiger partial charge >= 0.3 is 5.97 Å². The third-order valence-electron chi connectivity index (χ3n) is 4.96. The van der Waals surface area contributed by atoms with E-state index in [0.29, 0.717) is 12.2 Å². The van der Waals surface area contributed by atoms with Gasteiger partial charge in [0.1, 0.15) is 25.1 Å². The fourth-order valence-corrected chi connectivity index (χ4v) is 3.07. The van der Waals surface area contributed by atoms with E-state index in [9.17, 15) is 14.9 Å². The number of ether oxygens (including phenoxy) is 2. The van der Waals surface area contributed by atoms with Gasteiger partial charge in [0.25, 0.3) is 5.69 Å². The van der Waals surface area contributed by atoms with Gasteiger partial charge in [-0.1, -0.05) is 55.0 Å². The molecule has 1 atom stereocenters. The van der Waals surface area contributed by atoms with Gasteiger partial charge in [0, 0.05) is 12.1 Å². The Morgan fingerprint density at radius 2 is 1.61 bits per heavy atom. The highest BCUT2D eigenvalue weighted by Crippen LogP contribution is 2.23. The first-order valence-corrected chi connectivity index (χ1v) is 11.1. The largest absolute Gasteiger partial charge is 0.469 e. The summed E-state index contributed by atoms with van der Waals surface area (Å²) in [4.78, 5) is 37.2. The van der Waals surface area contributed by atoms with E-state index in [-0.39, 0.29) is 17.6 Å². The fourth-order valence-electron chi connectivity index (χ4n) is 3.07. The van der Waals surface area contributed by atoms with E-state index in [0.717, 1.165) is 18.6 Å². The molecule has 0 saturated heterocycles. The van der Waals surface area contributed by atoms with E-state index >= 15 is 0 Å². The maximum atomic E-state index is 11.1. The van der Waals surface area contributed by atoms with Gasteiger partial charge in [0.05, 0.1) is 18.5 Å². The number of nitrogens with zero attached hydrogens (tertiary/aromatic N) is 1. The van der Waals surface area contributed by atoms with Crippen LogP contribution in [0.3, 0.4) is 0 Å². The molecule has 0 fully saturated rings. The number of carbonyl (C=O) groups excluding carboxylic acids is 3. The van der Waals surface area contributed by atoms with Crippen molar-refractivity contribution in [1.82, 2.24) is 0 Å². The molecule has 1 aliphatic carbocycles. The van der Waals surface area contributed by atoms with Gasteiger partial charge in [-0.15, -0.1) is 0 Å². The highest BCUT2D eigenvalue weighted by molar-refractivity contribution is 5.70. The Hall–Kier alpha value is -4.33. The van der Waals surface area contributed by atoms with Crippen LogP contribution in [-0.4, -0.2) is 31.6 Å². The molecule has 8 nitrogen and oxygen atoms in total. The standard InChI is InChI=1S/C14H13NO3.C12H16O2.2CH2O/c1-11-3-2-4-13(8-5-11)18-14-9-6-12(7-10-14)15(16)17;1-3-10(9-12(13)14-2)11-7-5-4-6-8-11;2*1-2/h3-10H,2H2,1H3;4-8,10H,3,9H2,1-2H3;2*1H2. The lowest BCUT2D eigenvalue weighted by atomic mass is 9.93. The third-order valence-corrected chi connectivity index (χ3v) is 4.96. The molecular weight excluding hydrogens is 462 g/mol. The van der Waals surface area contributed by atoms with E-state index in [2.05, 4.69) is 29.9 Å². The Morgan fingerprint density at radius 1 is 1.00 bits per heavy atom. The van der Waals surface area contributed by atoms with Crippen molar-refractivity contribution in [2.24, 2.45) is 0 Å². The quantitative estimate of drug-likeness (QED) is 0.258. The maximum Gasteiger partial charge on any atom is 0.306 e. The lowest BCUT2D eigenvalue weighted by Crippen LogP contribution is -2.07. The highest BCUT2D eigenvalue weighted by Gasteiger charge is 2.13. The van der Waals surface area contributed by atoms with Gasteiger partial charge in [0.2, 0.25) is 0 Å². The van der Waals surface area contributed by atoms with Crippen molar-refractivity contribution in [3.05, 3.63) is 106 Å². The summed E-state index contributed by atoms with van der Waals surface area (Å²) in [5, 5.41) is 10.5. The monoisotopic (exact) mass is 495 g/mol. The SMILES string of the molecule is C=O.C=O.CC1=CCC=C(Oc2ccc([N+](=O)[O-])cc2)C=C1.CCC(CC(=O)OC)c1ccccc1. The minimum Gasteiger partial charge on any atom is -0.469 e. The Kier molecular flexibility index (Phi) is 16.7. The zero-order valence-electron chi connectivity index (χ0n) is 20.9. The number of nitro groups is 1. The molecule has 0 saturated carbocycles. The molecular formula is C28H33NO7. The second-order valence-corrected chi connectivity index (χ2v) is 7.27. The average Bonchev–Trinajstić information content (AvgIpc) is 3.14. The predicted octanol–water partition coefficient (Wildman–Crippen LogP) is 6.14. The molecule has 1 unspecified atom stereocenters. The van der Waals surface area contributed by atoms with Crippen LogP contribution >= 0.6 is 0 Å². The molecule has 0 bridgehead atoms. The summed E-state index contributed by atoms with van der Waals surface area (Å²) in [6, 6.07) is 16.1. The van der Waals surface area contributed by atoms with Crippen LogP contribution in [0.25, 0.3) is 0 Å². The molecule has 0 aromatic heterocycles. The first-order chi connectivity index (χ1) is 17.4. The third kappa shape index (κ3) is 12.2. The van der Waals surface area contributed by atoms with Crippen molar-refractivity contribution >= 4 is 25.2 Å². The van der Waals surface area contributed by atoms with Crippen LogP contribution in [0.15, 0.2) is 90.2 Å². The second kappa shape index (κ2) is 19.0. The van der Waals surface area contributed by atoms with Gasteiger partial charge in [-0.3, -0.25) is 14.9 Å². The van der Waals surface area contributed by atoms with E-state index in [1.165, 1.54) is 30.4 Å². The summed E-state index contributed by atoms with van der Waals surface area (Å²) in [6.45, 7) is 8.11. The first kappa shape index (κ1) is 31.7. The summed E-state index contributed by atoms with van der Waals surface area (Å²) >= 11 is 0. The van der Waals surface area contributed by atoms with E-state index in [4.69, 9.17) is 14.3 Å². The Balaban J connectivity index is 0.000000613. The van der Waals surface area contributed by atoms with E-state index < -0.39 is 4.92 Å². The van der Waals surface area contributed by atoms with Gasteiger partial charge in [-0.05, 0) is 55.5 Å². The number of allylic oxidation sites excluding steroid dienone is 5. The molecule has 36 heavy (non-hydrogen) atoms. The van der Waals surface area contributed by atoms with Crippen LogP contribution in [-0.2, 0) is 19.1 Å². The Labute approximate surface area is 212 Å². The minimum atomic E-state index is -0.429. The lowest BCUT2D eigenvalue weighted by Gasteiger charge is -2.13. The van der Waals surface area contributed by atoms with Crippen LogP contribution in [0.5, 0.6) is 5.75 Å². The maximum absolute atomic E-state index is 11.1. The molecule has 0 amide bonds. The van der Waals surface area contributed by atoms with Gasteiger partial charge in [-0.2, -0.15) is 0 Å². The number of hydrogen-bond acceptors (Lipinski definition) is 7. The lowest BCUT2D eigenvalue weighted by molar-refractivity contribution is -0.384. The second-order valence-electron chi connectivity index (χ2n) is 7.27.